The fraction of sp³-hybridized carbons (Fsp3) is 0. The minimum absolute atomic E-state index is 0.362. The average Bonchev–Trinajstić information content (AvgIpc) is 3.08. The summed E-state index contributed by atoms with van der Waals surface area (Å²) in [7, 11) is 0. The lowest BCUT2D eigenvalue weighted by Crippen LogP contribution is -2.33. The number of fused-ring (bicyclic) bond motifs is 4. The Morgan fingerprint density at radius 2 is 1.57 bits per heavy atom. The SMILES string of the molecule is O=C(NNc1ccccc1)Nc1ccc2[nH]c3nc4ccccc4nc3c2c1. The number of H-pyrrole nitrogens is 1. The van der Waals surface area contributed by atoms with Crippen LogP contribution < -0.4 is 16.2 Å². The molecule has 5 rings (SSSR count). The number of benzene rings is 3. The van der Waals surface area contributed by atoms with Gasteiger partial charge >= 0.3 is 6.03 Å². The highest BCUT2D eigenvalue weighted by atomic mass is 16.2. The van der Waals surface area contributed by atoms with Crippen molar-refractivity contribution in [1.82, 2.24) is 20.4 Å². The minimum atomic E-state index is -0.362. The number of aromatic nitrogens is 3. The Kier molecular flexibility index (Phi) is 3.76. The molecule has 0 unspecified atom stereocenters. The topological polar surface area (TPSA) is 94.7 Å². The highest BCUT2D eigenvalue weighted by molar-refractivity contribution is 6.07. The number of para-hydroxylation sites is 3. The zero-order valence-corrected chi connectivity index (χ0v) is 14.7. The maximum absolute atomic E-state index is 12.2. The van der Waals surface area contributed by atoms with Gasteiger partial charge in [0.05, 0.1) is 16.7 Å². The van der Waals surface area contributed by atoms with Gasteiger partial charge in [-0.15, -0.1) is 0 Å². The van der Waals surface area contributed by atoms with E-state index in [0.29, 0.717) is 5.69 Å². The van der Waals surface area contributed by atoms with Crippen molar-refractivity contribution in [3.05, 3.63) is 72.8 Å². The monoisotopic (exact) mass is 368 g/mol. The normalized spacial score (nSPS) is 11.0. The molecule has 0 spiro atoms. The summed E-state index contributed by atoms with van der Waals surface area (Å²) in [4.78, 5) is 24.8. The molecule has 0 aliphatic heterocycles. The number of hydrogen-bond acceptors (Lipinski definition) is 4. The summed E-state index contributed by atoms with van der Waals surface area (Å²) in [6.07, 6.45) is 0. The fourth-order valence-corrected chi connectivity index (χ4v) is 3.14. The third-order valence-electron chi connectivity index (χ3n) is 4.45. The lowest BCUT2D eigenvalue weighted by molar-refractivity contribution is 0.254. The smallest absolute Gasteiger partial charge is 0.337 e. The van der Waals surface area contributed by atoms with Gasteiger partial charge < -0.3 is 10.3 Å². The van der Waals surface area contributed by atoms with E-state index in [4.69, 9.17) is 4.98 Å². The standard InChI is InChI=1S/C21H16N6O/c28-21(27-26-13-6-2-1-3-7-13)22-14-10-11-16-15(12-14)19-20(24-16)25-18-9-5-4-8-17(18)23-19/h1-12,26H,(H,24,25)(H2,22,27,28). The number of anilines is 2. The lowest BCUT2D eigenvalue weighted by atomic mass is 10.2. The lowest BCUT2D eigenvalue weighted by Gasteiger charge is -2.10. The molecule has 0 saturated heterocycles. The second-order valence-corrected chi connectivity index (χ2v) is 6.37. The summed E-state index contributed by atoms with van der Waals surface area (Å²) in [6.45, 7) is 0. The number of rotatable bonds is 3. The second-order valence-electron chi connectivity index (χ2n) is 6.37. The van der Waals surface area contributed by atoms with Crippen molar-refractivity contribution < 1.29 is 4.79 Å². The van der Waals surface area contributed by atoms with Gasteiger partial charge in [0, 0.05) is 16.6 Å². The Hall–Kier alpha value is -4.13. The third-order valence-corrected chi connectivity index (χ3v) is 4.45. The first-order valence-corrected chi connectivity index (χ1v) is 8.82. The summed E-state index contributed by atoms with van der Waals surface area (Å²) < 4.78 is 0. The van der Waals surface area contributed by atoms with E-state index in [1.807, 2.05) is 72.8 Å². The van der Waals surface area contributed by atoms with Crippen molar-refractivity contribution in [2.75, 3.05) is 10.7 Å². The fourth-order valence-electron chi connectivity index (χ4n) is 3.14. The van der Waals surface area contributed by atoms with Crippen LogP contribution in [0.1, 0.15) is 0 Å². The maximum Gasteiger partial charge on any atom is 0.337 e. The second kappa shape index (κ2) is 6.55. The Balaban J connectivity index is 1.43. The van der Waals surface area contributed by atoms with Crippen molar-refractivity contribution >= 4 is 50.5 Å². The highest BCUT2D eigenvalue weighted by Gasteiger charge is 2.10. The summed E-state index contributed by atoms with van der Waals surface area (Å²) >= 11 is 0. The highest BCUT2D eigenvalue weighted by Crippen LogP contribution is 2.27. The molecule has 0 saturated carbocycles. The van der Waals surface area contributed by atoms with E-state index in [1.54, 1.807) is 0 Å². The summed E-state index contributed by atoms with van der Waals surface area (Å²) in [5.74, 6) is 0. The largest absolute Gasteiger partial charge is 0.338 e. The molecule has 136 valence electrons. The number of hydrogen-bond donors (Lipinski definition) is 4. The van der Waals surface area contributed by atoms with Crippen LogP contribution in [0.15, 0.2) is 72.8 Å². The average molecular weight is 368 g/mol. The van der Waals surface area contributed by atoms with Crippen molar-refractivity contribution in [1.29, 1.82) is 0 Å². The molecule has 2 aromatic heterocycles. The predicted octanol–water partition coefficient (Wildman–Crippen LogP) is 4.41. The maximum atomic E-state index is 12.2. The van der Waals surface area contributed by atoms with E-state index < -0.39 is 0 Å². The molecular formula is C21H16N6O. The van der Waals surface area contributed by atoms with E-state index >= 15 is 0 Å². The molecular weight excluding hydrogens is 352 g/mol. The summed E-state index contributed by atoms with van der Waals surface area (Å²) in [6, 6.07) is 22.4. The number of nitrogens with one attached hydrogen (secondary N) is 4. The molecule has 0 fully saturated rings. The summed E-state index contributed by atoms with van der Waals surface area (Å²) in [5, 5.41) is 3.73. The van der Waals surface area contributed by atoms with Crippen LogP contribution >= 0.6 is 0 Å². The molecule has 28 heavy (non-hydrogen) atoms. The van der Waals surface area contributed by atoms with Crippen molar-refractivity contribution in [2.24, 2.45) is 0 Å². The zero-order valence-electron chi connectivity index (χ0n) is 14.7. The quantitative estimate of drug-likeness (QED) is 0.355. The molecule has 0 aliphatic rings. The first kappa shape index (κ1) is 16.1. The molecule has 4 N–H and O–H groups in total. The van der Waals surface area contributed by atoms with Gasteiger partial charge in [0.1, 0.15) is 5.52 Å². The number of hydrazine groups is 1. The Morgan fingerprint density at radius 3 is 2.39 bits per heavy atom. The predicted molar refractivity (Wildman–Crippen MR) is 111 cm³/mol. The van der Waals surface area contributed by atoms with Crippen LogP contribution in [-0.4, -0.2) is 21.0 Å². The van der Waals surface area contributed by atoms with Crippen molar-refractivity contribution in [3.8, 4) is 0 Å². The summed E-state index contributed by atoms with van der Waals surface area (Å²) in [5.41, 5.74) is 11.0. The van der Waals surface area contributed by atoms with Crippen LogP contribution in [0.4, 0.5) is 16.2 Å². The van der Waals surface area contributed by atoms with Crippen LogP contribution in [0.2, 0.25) is 0 Å². The van der Waals surface area contributed by atoms with Gasteiger partial charge in [0.15, 0.2) is 5.65 Å². The molecule has 2 amide bonds. The van der Waals surface area contributed by atoms with Crippen LogP contribution in [-0.2, 0) is 0 Å². The van der Waals surface area contributed by atoms with Gasteiger partial charge in [0.2, 0.25) is 0 Å². The molecule has 3 aromatic carbocycles. The van der Waals surface area contributed by atoms with E-state index in [2.05, 4.69) is 26.1 Å². The van der Waals surface area contributed by atoms with Gasteiger partial charge in [-0.1, -0.05) is 30.3 Å². The number of aromatic amines is 1. The minimum Gasteiger partial charge on any atom is -0.338 e. The number of carbonyl (C=O) groups is 1. The van der Waals surface area contributed by atoms with Crippen LogP contribution in [0, 0.1) is 0 Å². The molecule has 0 atom stereocenters. The molecule has 5 aromatic rings. The van der Waals surface area contributed by atoms with Gasteiger partial charge in [-0.05, 0) is 42.5 Å². The number of amides is 2. The van der Waals surface area contributed by atoms with Gasteiger partial charge in [-0.2, -0.15) is 0 Å². The zero-order chi connectivity index (χ0) is 18.9. The van der Waals surface area contributed by atoms with E-state index in [0.717, 1.165) is 38.8 Å². The molecule has 0 aliphatic carbocycles. The molecule has 0 radical (unpaired) electrons. The van der Waals surface area contributed by atoms with E-state index in [9.17, 15) is 4.79 Å². The van der Waals surface area contributed by atoms with Crippen LogP contribution in [0.5, 0.6) is 0 Å². The van der Waals surface area contributed by atoms with Gasteiger partial charge in [0.25, 0.3) is 0 Å². The van der Waals surface area contributed by atoms with Crippen LogP contribution in [0.25, 0.3) is 33.1 Å². The van der Waals surface area contributed by atoms with Gasteiger partial charge in [-0.25, -0.2) is 14.8 Å². The first-order valence-electron chi connectivity index (χ1n) is 8.82. The molecule has 0 bridgehead atoms. The number of carbonyl (C=O) groups excluding carboxylic acids is 1. The number of nitrogens with zero attached hydrogens (tertiary/aromatic N) is 2. The number of urea groups is 1. The third kappa shape index (κ3) is 2.95. The van der Waals surface area contributed by atoms with Crippen molar-refractivity contribution in [3.63, 3.8) is 0 Å². The Morgan fingerprint density at radius 1 is 0.821 bits per heavy atom. The van der Waals surface area contributed by atoms with Gasteiger partial charge in [-0.3, -0.25) is 10.9 Å². The first-order chi connectivity index (χ1) is 13.8. The van der Waals surface area contributed by atoms with Crippen molar-refractivity contribution in [2.45, 2.75) is 0 Å². The molecule has 7 nitrogen and oxygen atoms in total. The van der Waals surface area contributed by atoms with Crippen LogP contribution in [0.3, 0.4) is 0 Å². The molecule has 7 heteroatoms. The molecule has 2 heterocycles. The Labute approximate surface area is 159 Å². The van der Waals surface area contributed by atoms with E-state index in [1.165, 1.54) is 0 Å². The van der Waals surface area contributed by atoms with E-state index in [-0.39, 0.29) is 6.03 Å². The Bertz CT molecular complexity index is 1310.